The van der Waals surface area contributed by atoms with E-state index in [9.17, 15) is 17.6 Å². The number of thioether (sulfide) groups is 1. The predicted octanol–water partition coefficient (Wildman–Crippen LogP) is 3.90. The van der Waals surface area contributed by atoms with E-state index in [0.717, 1.165) is 5.56 Å². The number of hydrogen-bond acceptors (Lipinski definition) is 6. The fourth-order valence-corrected chi connectivity index (χ4v) is 2.95. The van der Waals surface area contributed by atoms with Crippen LogP contribution in [0.5, 0.6) is 11.5 Å². The minimum Gasteiger partial charge on any atom is -0.486 e. The van der Waals surface area contributed by atoms with Gasteiger partial charge in [0, 0.05) is 5.75 Å². The van der Waals surface area contributed by atoms with Gasteiger partial charge in [0.15, 0.2) is 5.82 Å². The first-order valence-electron chi connectivity index (χ1n) is 7.85. The molecule has 0 aliphatic rings. The van der Waals surface area contributed by atoms with E-state index < -0.39 is 6.36 Å². The summed E-state index contributed by atoms with van der Waals surface area (Å²) in [5.74, 6) is 6.51. The molecule has 0 aliphatic carbocycles. The highest BCUT2D eigenvalue weighted by Gasteiger charge is 2.30. The van der Waals surface area contributed by atoms with Crippen molar-refractivity contribution in [1.82, 2.24) is 14.9 Å². The van der Waals surface area contributed by atoms with Crippen LogP contribution in [0.15, 0.2) is 53.7 Å². The zero-order chi connectivity index (χ0) is 20.1. The quantitative estimate of drug-likeness (QED) is 0.359. The molecule has 1 aromatic heterocycles. The normalized spacial score (nSPS) is 11.4. The molecule has 0 aliphatic heterocycles. The molecule has 6 nitrogen and oxygen atoms in total. The smallest absolute Gasteiger partial charge is 0.486 e. The van der Waals surface area contributed by atoms with Crippen LogP contribution in [0, 0.1) is 5.82 Å². The third-order valence-corrected chi connectivity index (χ3v) is 4.46. The second-order valence-corrected chi connectivity index (χ2v) is 6.43. The van der Waals surface area contributed by atoms with E-state index in [1.54, 1.807) is 0 Å². The number of halogens is 4. The maximum absolute atomic E-state index is 12.9. The Morgan fingerprint density at radius 3 is 2.25 bits per heavy atom. The molecule has 0 unspecified atom stereocenters. The van der Waals surface area contributed by atoms with Crippen LogP contribution >= 0.6 is 11.8 Å². The lowest BCUT2D eigenvalue weighted by Gasteiger charge is -2.09. The van der Waals surface area contributed by atoms with E-state index in [4.69, 9.17) is 10.6 Å². The molecule has 148 valence electrons. The molecule has 0 saturated heterocycles. The monoisotopic (exact) mass is 414 g/mol. The summed E-state index contributed by atoms with van der Waals surface area (Å²) in [5.41, 5.74) is 0.756. The maximum atomic E-state index is 12.9. The lowest BCUT2D eigenvalue weighted by molar-refractivity contribution is -0.274. The lowest BCUT2D eigenvalue weighted by Crippen LogP contribution is -2.17. The number of nitrogens with two attached hydrogens (primary N) is 1. The third kappa shape index (κ3) is 5.52. The zero-order valence-electron chi connectivity index (χ0n) is 14.2. The molecular formula is C17H14F4N4O2S. The van der Waals surface area contributed by atoms with Gasteiger partial charge in [-0.1, -0.05) is 23.9 Å². The number of hydrogen-bond donors (Lipinski definition) is 1. The lowest BCUT2D eigenvalue weighted by atomic mass is 10.2. The number of nitrogen functional groups attached to an aromatic ring is 1. The minimum absolute atomic E-state index is 0.0408. The van der Waals surface area contributed by atoms with Gasteiger partial charge in [0.05, 0.1) is 0 Å². The molecule has 1 heterocycles. The Bertz CT molecular complexity index is 914. The molecule has 0 amide bonds. The van der Waals surface area contributed by atoms with Gasteiger partial charge < -0.3 is 15.3 Å². The SMILES string of the molecule is Nn1c(COc2ccc(F)cc2)nnc1SCc1ccc(OC(F)(F)F)cc1. The first-order valence-corrected chi connectivity index (χ1v) is 8.84. The topological polar surface area (TPSA) is 75.2 Å². The summed E-state index contributed by atoms with van der Waals surface area (Å²) >= 11 is 1.26. The molecule has 2 aromatic carbocycles. The van der Waals surface area contributed by atoms with Gasteiger partial charge in [0.25, 0.3) is 0 Å². The van der Waals surface area contributed by atoms with Crippen LogP contribution in [0.2, 0.25) is 0 Å². The molecule has 0 bridgehead atoms. The van der Waals surface area contributed by atoms with Gasteiger partial charge in [0.1, 0.15) is 23.9 Å². The number of rotatable bonds is 7. The number of ether oxygens (including phenoxy) is 2. The van der Waals surface area contributed by atoms with Crippen LogP contribution in [0.25, 0.3) is 0 Å². The highest BCUT2D eigenvalue weighted by Crippen LogP contribution is 2.25. The summed E-state index contributed by atoms with van der Waals surface area (Å²) in [6, 6.07) is 11.0. The number of alkyl halides is 3. The van der Waals surface area contributed by atoms with Crippen LogP contribution in [0.4, 0.5) is 17.6 Å². The molecule has 11 heteroatoms. The third-order valence-electron chi connectivity index (χ3n) is 3.44. The van der Waals surface area contributed by atoms with Crippen LogP contribution in [0.1, 0.15) is 11.4 Å². The standard InChI is InChI=1S/C17H14F4N4O2S/c18-12-3-7-13(8-4-12)26-9-15-23-24-16(25(15)22)28-10-11-1-5-14(6-2-11)27-17(19,20)21/h1-8H,9-10,22H2. The first kappa shape index (κ1) is 19.8. The van der Waals surface area contributed by atoms with Gasteiger partial charge in [-0.15, -0.1) is 23.4 Å². The summed E-state index contributed by atoms with van der Waals surface area (Å²) in [5, 5.41) is 8.31. The highest BCUT2D eigenvalue weighted by atomic mass is 32.2. The molecule has 3 aromatic rings. The van der Waals surface area contributed by atoms with E-state index in [2.05, 4.69) is 14.9 Å². The Balaban J connectivity index is 1.54. The van der Waals surface area contributed by atoms with Gasteiger partial charge in [0.2, 0.25) is 5.16 Å². The maximum Gasteiger partial charge on any atom is 0.573 e. The van der Waals surface area contributed by atoms with Crippen molar-refractivity contribution in [3.63, 3.8) is 0 Å². The number of nitrogens with zero attached hydrogens (tertiary/aromatic N) is 3. The zero-order valence-corrected chi connectivity index (χ0v) is 15.0. The molecule has 0 atom stereocenters. The summed E-state index contributed by atoms with van der Waals surface area (Å²) in [6.45, 7) is 0.0408. The Morgan fingerprint density at radius 2 is 1.61 bits per heavy atom. The van der Waals surface area contributed by atoms with E-state index in [-0.39, 0.29) is 18.2 Å². The molecular weight excluding hydrogens is 400 g/mol. The Morgan fingerprint density at radius 1 is 0.964 bits per heavy atom. The second-order valence-electron chi connectivity index (χ2n) is 5.49. The fraction of sp³-hybridized carbons (Fsp3) is 0.176. The number of aromatic nitrogens is 3. The molecule has 0 radical (unpaired) electrons. The Hall–Kier alpha value is -2.95. The van der Waals surface area contributed by atoms with Crippen molar-refractivity contribution >= 4 is 11.8 Å². The van der Waals surface area contributed by atoms with Crippen molar-refractivity contribution in [2.45, 2.75) is 23.9 Å². The van der Waals surface area contributed by atoms with E-state index >= 15 is 0 Å². The van der Waals surface area contributed by atoms with Gasteiger partial charge >= 0.3 is 6.36 Å². The van der Waals surface area contributed by atoms with E-state index in [1.807, 2.05) is 0 Å². The molecule has 0 fully saturated rings. The predicted molar refractivity (Wildman–Crippen MR) is 93.6 cm³/mol. The average molecular weight is 414 g/mol. The Labute approximate surface area is 161 Å². The van der Waals surface area contributed by atoms with Crippen molar-refractivity contribution < 1.29 is 27.0 Å². The van der Waals surface area contributed by atoms with Gasteiger partial charge in [-0.05, 0) is 42.0 Å². The minimum atomic E-state index is -4.72. The summed E-state index contributed by atoms with van der Waals surface area (Å²) < 4.78 is 59.9. The van der Waals surface area contributed by atoms with Crippen LogP contribution in [-0.2, 0) is 12.4 Å². The van der Waals surface area contributed by atoms with Gasteiger partial charge in [-0.3, -0.25) is 0 Å². The molecule has 28 heavy (non-hydrogen) atoms. The van der Waals surface area contributed by atoms with Crippen molar-refractivity contribution in [2.24, 2.45) is 0 Å². The van der Waals surface area contributed by atoms with E-state index in [1.165, 1.54) is 65.0 Å². The van der Waals surface area contributed by atoms with Crippen molar-refractivity contribution in [2.75, 3.05) is 5.84 Å². The summed E-state index contributed by atoms with van der Waals surface area (Å²) in [6.07, 6.45) is -4.72. The summed E-state index contributed by atoms with van der Waals surface area (Å²) in [4.78, 5) is 0. The molecule has 0 saturated carbocycles. The van der Waals surface area contributed by atoms with Crippen LogP contribution in [0.3, 0.4) is 0 Å². The Kier molecular flexibility index (Phi) is 5.93. The fourth-order valence-electron chi connectivity index (χ4n) is 2.12. The van der Waals surface area contributed by atoms with Gasteiger partial charge in [-0.2, -0.15) is 0 Å². The van der Waals surface area contributed by atoms with Crippen LogP contribution in [-0.4, -0.2) is 21.2 Å². The van der Waals surface area contributed by atoms with Gasteiger partial charge in [-0.25, -0.2) is 9.07 Å². The highest BCUT2D eigenvalue weighted by molar-refractivity contribution is 7.98. The number of benzene rings is 2. The summed E-state index contributed by atoms with van der Waals surface area (Å²) in [7, 11) is 0. The largest absolute Gasteiger partial charge is 0.573 e. The van der Waals surface area contributed by atoms with Crippen molar-refractivity contribution in [3.8, 4) is 11.5 Å². The molecule has 0 spiro atoms. The van der Waals surface area contributed by atoms with Crippen molar-refractivity contribution in [3.05, 3.63) is 65.7 Å². The molecule has 2 N–H and O–H groups in total. The van der Waals surface area contributed by atoms with Crippen LogP contribution < -0.4 is 15.3 Å². The van der Waals surface area contributed by atoms with E-state index in [0.29, 0.717) is 22.5 Å². The molecule has 3 rings (SSSR count). The van der Waals surface area contributed by atoms with Crippen molar-refractivity contribution in [1.29, 1.82) is 0 Å². The first-order chi connectivity index (χ1) is 13.3. The second kappa shape index (κ2) is 8.38. The average Bonchev–Trinajstić information content (AvgIpc) is 2.99.